The lowest BCUT2D eigenvalue weighted by atomic mass is 10.2. The molecular weight excluding hydrogens is 360 g/mol. The number of carbonyl (C=O) groups is 1. The third kappa shape index (κ3) is 2.92. The minimum atomic E-state index is -0.650. The maximum Gasteiger partial charge on any atom is 0.272 e. The molecule has 3 aromatic rings. The maximum absolute atomic E-state index is 13.8. The summed E-state index contributed by atoms with van der Waals surface area (Å²) >= 11 is 1.26. The first-order chi connectivity index (χ1) is 12.4. The van der Waals surface area contributed by atoms with Crippen molar-refractivity contribution in [2.75, 3.05) is 31.1 Å². The molecule has 0 saturated carbocycles. The quantitative estimate of drug-likeness (QED) is 0.689. The van der Waals surface area contributed by atoms with Crippen LogP contribution in [0.2, 0.25) is 0 Å². The predicted molar refractivity (Wildman–Crippen MR) is 95.6 cm³/mol. The molecule has 0 N–H and O–H groups in total. The topological polar surface area (TPSA) is 54.3 Å². The summed E-state index contributed by atoms with van der Waals surface area (Å²) in [5.74, 6) is -1.31. The van der Waals surface area contributed by atoms with Crippen molar-refractivity contribution in [3.63, 3.8) is 0 Å². The molecule has 0 unspecified atom stereocenters. The Morgan fingerprint density at radius 2 is 1.88 bits per heavy atom. The van der Waals surface area contributed by atoms with Crippen LogP contribution < -0.4 is 4.90 Å². The molecule has 1 fully saturated rings. The van der Waals surface area contributed by atoms with Crippen molar-refractivity contribution in [2.24, 2.45) is 7.05 Å². The number of thiazole rings is 1. The van der Waals surface area contributed by atoms with Gasteiger partial charge in [0.25, 0.3) is 5.91 Å². The fraction of sp³-hybridized carbons (Fsp3) is 0.353. The van der Waals surface area contributed by atoms with Gasteiger partial charge >= 0.3 is 0 Å². The van der Waals surface area contributed by atoms with Gasteiger partial charge in [-0.25, -0.2) is 13.8 Å². The van der Waals surface area contributed by atoms with E-state index >= 15 is 0 Å². The van der Waals surface area contributed by atoms with Crippen molar-refractivity contribution in [3.8, 4) is 0 Å². The second-order valence-corrected chi connectivity index (χ2v) is 7.31. The Kier molecular flexibility index (Phi) is 4.10. The summed E-state index contributed by atoms with van der Waals surface area (Å²) in [7, 11) is 1.76. The van der Waals surface area contributed by atoms with Gasteiger partial charge < -0.3 is 9.80 Å². The number of carbonyl (C=O) groups excluding carboxylic acids is 1. The molecule has 9 heteroatoms. The van der Waals surface area contributed by atoms with E-state index in [4.69, 9.17) is 0 Å². The minimum Gasteiger partial charge on any atom is -0.345 e. The Bertz CT molecular complexity index is 991. The molecule has 1 saturated heterocycles. The number of anilines is 1. The number of aromatic nitrogens is 3. The molecule has 1 aromatic carbocycles. The fourth-order valence-electron chi connectivity index (χ4n) is 3.15. The van der Waals surface area contributed by atoms with Gasteiger partial charge in [-0.1, -0.05) is 11.3 Å². The average molecular weight is 377 g/mol. The molecule has 4 rings (SSSR count). The van der Waals surface area contributed by atoms with Gasteiger partial charge in [0, 0.05) is 39.3 Å². The smallest absolute Gasteiger partial charge is 0.272 e. The van der Waals surface area contributed by atoms with E-state index in [-0.39, 0.29) is 11.4 Å². The van der Waals surface area contributed by atoms with Crippen LogP contribution in [0.1, 0.15) is 16.2 Å². The van der Waals surface area contributed by atoms with Crippen molar-refractivity contribution in [2.45, 2.75) is 6.92 Å². The largest absolute Gasteiger partial charge is 0.345 e. The molecule has 1 amide bonds. The number of benzene rings is 1. The van der Waals surface area contributed by atoms with E-state index in [1.165, 1.54) is 17.4 Å². The lowest BCUT2D eigenvalue weighted by Gasteiger charge is -2.34. The van der Waals surface area contributed by atoms with Crippen LogP contribution in [0.3, 0.4) is 0 Å². The van der Waals surface area contributed by atoms with Crippen LogP contribution in [0.15, 0.2) is 18.2 Å². The van der Waals surface area contributed by atoms with E-state index in [0.29, 0.717) is 41.7 Å². The highest BCUT2D eigenvalue weighted by Gasteiger charge is 2.26. The summed E-state index contributed by atoms with van der Waals surface area (Å²) < 4.78 is 29.3. The van der Waals surface area contributed by atoms with Crippen molar-refractivity contribution in [1.82, 2.24) is 19.7 Å². The summed E-state index contributed by atoms with van der Waals surface area (Å²) in [4.78, 5) is 20.7. The van der Waals surface area contributed by atoms with E-state index in [2.05, 4.69) is 10.1 Å². The average Bonchev–Trinajstić information content (AvgIpc) is 3.17. The molecule has 6 nitrogen and oxygen atoms in total. The summed E-state index contributed by atoms with van der Waals surface area (Å²) in [5.41, 5.74) is 1.56. The van der Waals surface area contributed by atoms with Gasteiger partial charge in [-0.15, -0.1) is 0 Å². The van der Waals surface area contributed by atoms with Crippen molar-refractivity contribution < 1.29 is 13.6 Å². The minimum absolute atomic E-state index is 0.0508. The Morgan fingerprint density at radius 1 is 1.15 bits per heavy atom. The molecule has 0 spiro atoms. The van der Waals surface area contributed by atoms with Gasteiger partial charge in [0.05, 0.1) is 10.4 Å². The number of hydrogen-bond donors (Lipinski definition) is 0. The summed E-state index contributed by atoms with van der Waals surface area (Å²) in [6.07, 6.45) is 0. The molecular formula is C17H17F2N5OS. The lowest BCUT2D eigenvalue weighted by Crippen LogP contribution is -2.49. The molecule has 0 radical (unpaired) electrons. The molecule has 136 valence electrons. The molecule has 1 aliphatic heterocycles. The van der Waals surface area contributed by atoms with Gasteiger partial charge in [-0.05, 0) is 19.1 Å². The molecule has 0 bridgehead atoms. The van der Waals surface area contributed by atoms with E-state index < -0.39 is 11.6 Å². The first-order valence-corrected chi connectivity index (χ1v) is 9.04. The monoisotopic (exact) mass is 377 g/mol. The van der Waals surface area contributed by atoms with Crippen molar-refractivity contribution >= 4 is 32.6 Å². The van der Waals surface area contributed by atoms with Crippen LogP contribution in [0.25, 0.3) is 10.2 Å². The fourth-order valence-corrected chi connectivity index (χ4v) is 4.21. The molecule has 1 aliphatic rings. The van der Waals surface area contributed by atoms with E-state index in [1.54, 1.807) is 22.7 Å². The van der Waals surface area contributed by atoms with Crippen LogP contribution >= 0.6 is 11.3 Å². The number of aryl methyl sites for hydroxylation is 2. The van der Waals surface area contributed by atoms with Gasteiger partial charge in [0.2, 0.25) is 0 Å². The van der Waals surface area contributed by atoms with Crippen LogP contribution in [0, 0.1) is 18.6 Å². The molecule has 0 atom stereocenters. The summed E-state index contributed by atoms with van der Waals surface area (Å²) in [5, 5.41) is 4.86. The Morgan fingerprint density at radius 3 is 2.54 bits per heavy atom. The van der Waals surface area contributed by atoms with E-state index in [9.17, 15) is 13.6 Å². The molecule has 26 heavy (non-hydrogen) atoms. The molecule has 2 aromatic heterocycles. The van der Waals surface area contributed by atoms with Crippen LogP contribution in [-0.2, 0) is 7.05 Å². The van der Waals surface area contributed by atoms with Gasteiger partial charge in [-0.3, -0.25) is 9.48 Å². The Hall–Kier alpha value is -2.55. The lowest BCUT2D eigenvalue weighted by molar-refractivity contribution is 0.0735. The van der Waals surface area contributed by atoms with Gasteiger partial charge in [-0.2, -0.15) is 5.10 Å². The highest BCUT2D eigenvalue weighted by molar-refractivity contribution is 7.22. The van der Waals surface area contributed by atoms with Gasteiger partial charge in [0.15, 0.2) is 10.9 Å². The zero-order valence-electron chi connectivity index (χ0n) is 14.4. The number of hydrogen-bond acceptors (Lipinski definition) is 5. The van der Waals surface area contributed by atoms with Gasteiger partial charge in [0.1, 0.15) is 17.0 Å². The van der Waals surface area contributed by atoms with Crippen molar-refractivity contribution in [3.05, 3.63) is 41.2 Å². The Balaban J connectivity index is 1.49. The van der Waals surface area contributed by atoms with Crippen LogP contribution in [0.5, 0.6) is 0 Å². The van der Waals surface area contributed by atoms with Crippen molar-refractivity contribution in [1.29, 1.82) is 0 Å². The maximum atomic E-state index is 13.8. The molecule has 0 aliphatic carbocycles. The third-order valence-corrected chi connectivity index (χ3v) is 5.52. The number of nitrogens with zero attached hydrogens (tertiary/aromatic N) is 5. The number of amides is 1. The first kappa shape index (κ1) is 16.9. The zero-order chi connectivity index (χ0) is 18.4. The Labute approximate surface area is 152 Å². The highest BCUT2D eigenvalue weighted by atomic mass is 32.1. The molecule has 3 heterocycles. The van der Waals surface area contributed by atoms with Crippen LogP contribution in [0.4, 0.5) is 13.9 Å². The van der Waals surface area contributed by atoms with E-state index in [1.807, 2.05) is 11.8 Å². The second kappa shape index (κ2) is 6.31. The summed E-state index contributed by atoms with van der Waals surface area (Å²) in [6, 6.07) is 3.92. The third-order valence-electron chi connectivity index (χ3n) is 4.46. The predicted octanol–water partition coefficient (Wildman–Crippen LogP) is 2.58. The summed E-state index contributed by atoms with van der Waals surface area (Å²) in [6.45, 7) is 4.11. The van der Waals surface area contributed by atoms with Crippen LogP contribution in [-0.4, -0.2) is 51.8 Å². The number of fused-ring (bicyclic) bond motifs is 1. The number of piperazine rings is 1. The SMILES string of the molecule is Cc1cc(C(=O)N2CCN(c3nc4c(F)cc(F)cc4s3)CC2)n(C)n1. The number of rotatable bonds is 2. The standard InChI is InChI=1S/C17H17F2N5OS/c1-10-7-13(22(2)21-10)16(25)23-3-5-24(6-4-23)17-20-15-12(19)8-11(18)9-14(15)26-17/h7-9H,3-6H2,1-2H3. The first-order valence-electron chi connectivity index (χ1n) is 8.23. The highest BCUT2D eigenvalue weighted by Crippen LogP contribution is 2.31. The normalized spacial score (nSPS) is 15.1. The zero-order valence-corrected chi connectivity index (χ0v) is 15.2. The number of halogens is 2. The second-order valence-electron chi connectivity index (χ2n) is 6.30. The van der Waals surface area contributed by atoms with E-state index in [0.717, 1.165) is 11.8 Å².